The molecule has 0 aliphatic rings. The Morgan fingerprint density at radius 1 is 0.880 bits per heavy atom. The first kappa shape index (κ1) is 18.6. The molecule has 25 heavy (non-hydrogen) atoms. The van der Waals surface area contributed by atoms with Crippen molar-refractivity contribution >= 4 is 21.7 Å². The Morgan fingerprint density at radius 3 is 1.76 bits per heavy atom. The number of ketones is 1. The molecule has 0 amide bonds. The Labute approximate surface area is 151 Å². The van der Waals surface area contributed by atoms with Crippen LogP contribution in [0.15, 0.2) is 68.4 Å². The van der Waals surface area contributed by atoms with Crippen LogP contribution in [0.1, 0.15) is 10.4 Å². The molecule has 0 aliphatic heterocycles. The first-order chi connectivity index (χ1) is 11.9. The van der Waals surface area contributed by atoms with Crippen LogP contribution in [0, 0.1) is 0 Å². The van der Waals surface area contributed by atoms with Gasteiger partial charge in [0, 0.05) is 10.0 Å². The van der Waals surface area contributed by atoms with Crippen molar-refractivity contribution in [1.82, 2.24) is 13.7 Å². The summed E-state index contributed by atoms with van der Waals surface area (Å²) in [6.45, 7) is 6.39. The molecule has 1 aromatic heterocycles. The lowest BCUT2D eigenvalue weighted by molar-refractivity contribution is 0.0966. The van der Waals surface area contributed by atoms with Gasteiger partial charge < -0.3 is 0 Å². The summed E-state index contributed by atoms with van der Waals surface area (Å²) < 4.78 is 3.26. The highest BCUT2D eigenvalue weighted by Crippen LogP contribution is 2.11. The number of aromatic nitrogens is 3. The van der Waals surface area contributed by atoms with Crippen molar-refractivity contribution in [2.45, 2.75) is 19.6 Å². The summed E-state index contributed by atoms with van der Waals surface area (Å²) in [6, 6.07) is 6.54. The lowest BCUT2D eigenvalue weighted by Gasteiger charge is -2.11. The van der Waals surface area contributed by atoms with Crippen LogP contribution >= 0.6 is 15.9 Å². The maximum absolute atomic E-state index is 12.5. The van der Waals surface area contributed by atoms with E-state index in [0.29, 0.717) is 5.56 Å². The van der Waals surface area contributed by atoms with Gasteiger partial charge in [0.1, 0.15) is 0 Å². The third-order valence-corrected chi connectivity index (χ3v) is 4.01. The molecular formula is C17H16BrN3O4. The largest absolute Gasteiger partial charge is 0.337 e. The fourth-order valence-electron chi connectivity index (χ4n) is 2.26. The van der Waals surface area contributed by atoms with Gasteiger partial charge in [-0.25, -0.2) is 28.1 Å². The van der Waals surface area contributed by atoms with Crippen LogP contribution in [0.5, 0.6) is 0 Å². The van der Waals surface area contributed by atoms with E-state index in [9.17, 15) is 19.2 Å². The number of rotatable bonds is 7. The highest BCUT2D eigenvalue weighted by Gasteiger charge is 2.17. The van der Waals surface area contributed by atoms with Crippen molar-refractivity contribution in [3.63, 3.8) is 0 Å². The molecule has 8 heteroatoms. The van der Waals surface area contributed by atoms with Gasteiger partial charge >= 0.3 is 17.1 Å². The average molecular weight is 406 g/mol. The quantitative estimate of drug-likeness (QED) is 0.511. The van der Waals surface area contributed by atoms with E-state index in [4.69, 9.17) is 0 Å². The number of allylic oxidation sites excluding steroid dienone is 2. The summed E-state index contributed by atoms with van der Waals surface area (Å²) in [4.78, 5) is 49.6. The highest BCUT2D eigenvalue weighted by atomic mass is 79.9. The van der Waals surface area contributed by atoms with Crippen LogP contribution in [0.2, 0.25) is 0 Å². The van der Waals surface area contributed by atoms with E-state index in [1.807, 2.05) is 0 Å². The molecule has 0 saturated carbocycles. The van der Waals surface area contributed by atoms with Crippen molar-refractivity contribution in [2.24, 2.45) is 0 Å². The maximum Gasteiger partial charge on any atom is 0.337 e. The summed E-state index contributed by atoms with van der Waals surface area (Å²) in [5.74, 6) is -0.416. The van der Waals surface area contributed by atoms with Crippen molar-refractivity contribution < 1.29 is 4.79 Å². The van der Waals surface area contributed by atoms with Crippen LogP contribution in [0.3, 0.4) is 0 Å². The minimum atomic E-state index is -0.847. The zero-order valence-electron chi connectivity index (χ0n) is 13.4. The average Bonchev–Trinajstić information content (AvgIpc) is 2.60. The number of hydrogen-bond acceptors (Lipinski definition) is 4. The summed E-state index contributed by atoms with van der Waals surface area (Å²) in [5, 5.41) is 0. The summed E-state index contributed by atoms with van der Waals surface area (Å²) in [6.07, 6.45) is 2.73. The molecule has 130 valence electrons. The lowest BCUT2D eigenvalue weighted by Crippen LogP contribution is -2.55. The molecule has 0 spiro atoms. The summed E-state index contributed by atoms with van der Waals surface area (Å²) in [7, 11) is 0. The van der Waals surface area contributed by atoms with Crippen molar-refractivity contribution in [1.29, 1.82) is 0 Å². The number of nitrogens with zero attached hydrogens (tertiary/aromatic N) is 3. The third-order valence-electron chi connectivity index (χ3n) is 3.48. The van der Waals surface area contributed by atoms with Gasteiger partial charge in [-0.15, -0.1) is 13.2 Å². The predicted octanol–water partition coefficient (Wildman–Crippen LogP) is 1.19. The molecule has 0 bridgehead atoms. The molecule has 0 atom stereocenters. The van der Waals surface area contributed by atoms with Crippen LogP contribution in [0.4, 0.5) is 0 Å². The van der Waals surface area contributed by atoms with Gasteiger partial charge in [0.2, 0.25) is 0 Å². The second-order valence-corrected chi connectivity index (χ2v) is 6.08. The lowest BCUT2D eigenvalue weighted by atomic mass is 10.1. The molecule has 2 rings (SSSR count). The van der Waals surface area contributed by atoms with Gasteiger partial charge in [0.05, 0.1) is 19.6 Å². The van der Waals surface area contributed by atoms with Gasteiger partial charge in [-0.1, -0.05) is 40.2 Å². The Bertz CT molecular complexity index is 948. The second kappa shape index (κ2) is 7.89. The summed E-state index contributed by atoms with van der Waals surface area (Å²) >= 11 is 3.27. The van der Waals surface area contributed by atoms with Crippen LogP contribution in [0.25, 0.3) is 0 Å². The SMILES string of the molecule is C=CCn1c(=O)n(CC=C)c(=O)n(CC(=O)c2ccc(Br)cc2)c1=O. The monoisotopic (exact) mass is 405 g/mol. The Balaban J connectivity index is 2.58. The molecule has 0 aliphatic carbocycles. The topological polar surface area (TPSA) is 83.1 Å². The fourth-order valence-corrected chi connectivity index (χ4v) is 2.52. The highest BCUT2D eigenvalue weighted by molar-refractivity contribution is 9.10. The third kappa shape index (κ3) is 3.85. The van der Waals surface area contributed by atoms with Gasteiger partial charge in [-0.2, -0.15) is 0 Å². The number of benzene rings is 1. The van der Waals surface area contributed by atoms with Crippen LogP contribution in [-0.2, 0) is 19.6 Å². The Morgan fingerprint density at radius 2 is 1.32 bits per heavy atom. The minimum absolute atomic E-state index is 0.0679. The number of carbonyl (C=O) groups excluding carboxylic acids is 1. The number of Topliss-reactive ketones (excluding diaryl/α,β-unsaturated/α-hetero) is 1. The van der Waals surface area contributed by atoms with Crippen molar-refractivity contribution in [3.05, 3.63) is 91.1 Å². The molecular weight excluding hydrogens is 390 g/mol. The molecule has 0 N–H and O–H groups in total. The Hall–Kier alpha value is -2.74. The molecule has 0 fully saturated rings. The van der Waals surface area contributed by atoms with Crippen molar-refractivity contribution in [2.75, 3.05) is 0 Å². The van der Waals surface area contributed by atoms with Crippen LogP contribution in [-0.4, -0.2) is 19.5 Å². The first-order valence-corrected chi connectivity index (χ1v) is 8.15. The molecule has 7 nitrogen and oxygen atoms in total. The molecule has 1 aromatic carbocycles. The normalized spacial score (nSPS) is 10.4. The smallest absolute Gasteiger partial charge is 0.292 e. The van der Waals surface area contributed by atoms with Gasteiger partial charge in [-0.3, -0.25) is 4.79 Å². The van der Waals surface area contributed by atoms with E-state index in [0.717, 1.165) is 18.2 Å². The molecule has 0 radical (unpaired) electrons. The van der Waals surface area contributed by atoms with Gasteiger partial charge in [0.15, 0.2) is 5.78 Å². The number of hydrogen-bond donors (Lipinski definition) is 0. The first-order valence-electron chi connectivity index (χ1n) is 7.35. The summed E-state index contributed by atoms with van der Waals surface area (Å²) in [5.41, 5.74) is -2.10. The fraction of sp³-hybridized carbons (Fsp3) is 0.176. The zero-order valence-corrected chi connectivity index (χ0v) is 14.9. The van der Waals surface area contributed by atoms with Crippen molar-refractivity contribution in [3.8, 4) is 0 Å². The Kier molecular flexibility index (Phi) is 5.87. The van der Waals surface area contributed by atoms with Gasteiger partial charge in [-0.05, 0) is 12.1 Å². The van der Waals surface area contributed by atoms with E-state index in [2.05, 4.69) is 29.1 Å². The minimum Gasteiger partial charge on any atom is -0.292 e. The molecule has 0 saturated heterocycles. The van der Waals surface area contributed by atoms with E-state index in [1.165, 1.54) is 12.2 Å². The standard InChI is InChI=1S/C17H16BrN3O4/c1-3-9-19-15(23)20(10-4-2)17(25)21(16(19)24)11-14(22)12-5-7-13(18)8-6-12/h3-8H,1-2,9-11H2. The van der Waals surface area contributed by atoms with E-state index < -0.39 is 29.4 Å². The molecule has 2 aromatic rings. The van der Waals surface area contributed by atoms with E-state index >= 15 is 0 Å². The molecule has 0 unspecified atom stereocenters. The predicted molar refractivity (Wildman–Crippen MR) is 98.1 cm³/mol. The zero-order chi connectivity index (χ0) is 18.6. The number of halogens is 1. The van der Waals surface area contributed by atoms with Crippen LogP contribution < -0.4 is 17.1 Å². The maximum atomic E-state index is 12.5. The molecule has 1 heterocycles. The van der Waals surface area contributed by atoms with E-state index in [1.54, 1.807) is 24.3 Å². The van der Waals surface area contributed by atoms with Gasteiger partial charge in [0.25, 0.3) is 0 Å². The number of carbonyl (C=O) groups is 1. The second-order valence-electron chi connectivity index (χ2n) is 5.16. The van der Waals surface area contributed by atoms with E-state index in [-0.39, 0.29) is 13.1 Å².